The first kappa shape index (κ1) is 17.6. The molecule has 1 saturated heterocycles. The number of rotatable bonds is 7. The van der Waals surface area contributed by atoms with Gasteiger partial charge in [-0.3, -0.25) is 4.90 Å². The fourth-order valence-electron chi connectivity index (χ4n) is 2.68. The van der Waals surface area contributed by atoms with Crippen LogP contribution in [0.25, 0.3) is 0 Å². The molecule has 7 heteroatoms. The van der Waals surface area contributed by atoms with Gasteiger partial charge in [-0.1, -0.05) is 6.07 Å². The molecule has 0 radical (unpaired) electrons. The van der Waals surface area contributed by atoms with E-state index < -0.39 is 11.6 Å². The first-order valence-electron chi connectivity index (χ1n) is 7.78. The van der Waals surface area contributed by atoms with Crippen molar-refractivity contribution in [3.8, 4) is 0 Å². The van der Waals surface area contributed by atoms with Gasteiger partial charge in [-0.2, -0.15) is 0 Å². The second-order valence-corrected chi connectivity index (χ2v) is 5.63. The van der Waals surface area contributed by atoms with Crippen molar-refractivity contribution < 1.29 is 18.3 Å². The zero-order chi connectivity index (χ0) is 16.7. The first-order valence-corrected chi connectivity index (χ1v) is 7.78. The lowest BCUT2D eigenvalue weighted by Crippen LogP contribution is -2.44. The van der Waals surface area contributed by atoms with Crippen molar-refractivity contribution in [3.63, 3.8) is 0 Å². The number of ether oxygens (including phenoxy) is 1. The van der Waals surface area contributed by atoms with Gasteiger partial charge < -0.3 is 15.4 Å². The number of amides is 2. The molecule has 1 unspecified atom stereocenters. The molecular formula is C16H23F2N3O2. The van der Waals surface area contributed by atoms with Crippen LogP contribution in [0, 0.1) is 11.6 Å². The first-order chi connectivity index (χ1) is 11.1. The summed E-state index contributed by atoms with van der Waals surface area (Å²) in [5.74, 6) is -1.17. The van der Waals surface area contributed by atoms with Crippen molar-refractivity contribution in [2.24, 2.45) is 0 Å². The van der Waals surface area contributed by atoms with Gasteiger partial charge in [-0.05, 0) is 25.0 Å². The molecule has 23 heavy (non-hydrogen) atoms. The number of carbonyl (C=O) groups is 1. The summed E-state index contributed by atoms with van der Waals surface area (Å²) >= 11 is 0. The number of carbonyl (C=O) groups excluding carboxylic acids is 1. The predicted molar refractivity (Wildman–Crippen MR) is 83.3 cm³/mol. The quantitative estimate of drug-likeness (QED) is 0.798. The van der Waals surface area contributed by atoms with Crippen molar-refractivity contribution >= 4 is 6.03 Å². The second-order valence-electron chi connectivity index (χ2n) is 5.63. The molecule has 0 spiro atoms. The molecule has 0 saturated carbocycles. The van der Waals surface area contributed by atoms with Crippen LogP contribution in [0.2, 0.25) is 0 Å². The number of benzene rings is 1. The van der Waals surface area contributed by atoms with Gasteiger partial charge in [0.25, 0.3) is 0 Å². The van der Waals surface area contributed by atoms with Crippen LogP contribution in [0.15, 0.2) is 18.2 Å². The largest absolute Gasteiger partial charge is 0.383 e. The molecule has 5 nitrogen and oxygen atoms in total. The van der Waals surface area contributed by atoms with Gasteiger partial charge in [-0.15, -0.1) is 0 Å². The van der Waals surface area contributed by atoms with E-state index in [-0.39, 0.29) is 30.6 Å². The maximum Gasteiger partial charge on any atom is 0.315 e. The van der Waals surface area contributed by atoms with Crippen molar-refractivity contribution in [1.82, 2.24) is 15.5 Å². The standard InChI is InChI=1S/C16H23F2N3O2/c1-23-10-9-21-8-6-12(11-21)20-16(22)19-7-5-13-14(17)3-2-4-15(13)18/h2-4,12H,5-11H2,1H3,(H2,19,20,22). The van der Waals surface area contributed by atoms with E-state index in [2.05, 4.69) is 15.5 Å². The summed E-state index contributed by atoms with van der Waals surface area (Å²) in [6.07, 6.45) is 1.01. The molecule has 1 heterocycles. The van der Waals surface area contributed by atoms with Gasteiger partial charge >= 0.3 is 6.03 Å². The number of urea groups is 1. The molecule has 128 valence electrons. The summed E-state index contributed by atoms with van der Waals surface area (Å²) in [5, 5.41) is 5.52. The normalized spacial score (nSPS) is 18.1. The molecule has 2 rings (SSSR count). The van der Waals surface area contributed by atoms with E-state index in [1.54, 1.807) is 7.11 Å². The third-order valence-electron chi connectivity index (χ3n) is 3.94. The third-order valence-corrected chi connectivity index (χ3v) is 3.94. The highest BCUT2D eigenvalue weighted by Crippen LogP contribution is 2.12. The zero-order valence-electron chi connectivity index (χ0n) is 13.3. The Balaban J connectivity index is 1.68. The Morgan fingerprint density at radius 2 is 2.13 bits per heavy atom. The summed E-state index contributed by atoms with van der Waals surface area (Å²) in [6, 6.07) is 3.54. The Kier molecular flexibility index (Phi) is 6.73. The van der Waals surface area contributed by atoms with Crippen molar-refractivity contribution in [3.05, 3.63) is 35.4 Å². The number of hydrogen-bond donors (Lipinski definition) is 2. The van der Waals surface area contributed by atoms with E-state index in [0.717, 1.165) is 26.1 Å². The molecule has 2 amide bonds. The maximum absolute atomic E-state index is 13.5. The van der Waals surface area contributed by atoms with Crippen LogP contribution in [-0.4, -0.2) is 56.9 Å². The van der Waals surface area contributed by atoms with Gasteiger partial charge in [0.2, 0.25) is 0 Å². The molecule has 0 aliphatic carbocycles. The van der Waals surface area contributed by atoms with Crippen molar-refractivity contribution in [2.75, 3.05) is 39.9 Å². The summed E-state index contributed by atoms with van der Waals surface area (Å²) in [5.41, 5.74) is -0.000549. The minimum atomic E-state index is -0.586. The summed E-state index contributed by atoms with van der Waals surface area (Å²) in [4.78, 5) is 14.1. The number of nitrogens with zero attached hydrogens (tertiary/aromatic N) is 1. The van der Waals surface area contributed by atoms with Crippen molar-refractivity contribution in [2.45, 2.75) is 18.9 Å². The van der Waals surface area contributed by atoms with Gasteiger partial charge in [-0.25, -0.2) is 13.6 Å². The molecule has 1 aliphatic rings. The van der Waals surface area contributed by atoms with Gasteiger partial charge in [0.15, 0.2) is 0 Å². The van der Waals surface area contributed by atoms with E-state index in [0.29, 0.717) is 6.61 Å². The van der Waals surface area contributed by atoms with Crippen LogP contribution in [0.3, 0.4) is 0 Å². The van der Waals surface area contributed by atoms with Crippen LogP contribution in [-0.2, 0) is 11.2 Å². The van der Waals surface area contributed by atoms with Crippen LogP contribution in [0.4, 0.5) is 13.6 Å². The van der Waals surface area contributed by atoms with Gasteiger partial charge in [0.1, 0.15) is 11.6 Å². The Hall–Kier alpha value is -1.73. The Morgan fingerprint density at radius 3 is 2.83 bits per heavy atom. The SMILES string of the molecule is COCCN1CCC(NC(=O)NCCc2c(F)cccc2F)C1. The van der Waals surface area contributed by atoms with E-state index in [9.17, 15) is 13.6 Å². The summed E-state index contributed by atoms with van der Waals surface area (Å²) in [6.45, 7) is 3.42. The fourth-order valence-corrected chi connectivity index (χ4v) is 2.68. The lowest BCUT2D eigenvalue weighted by Gasteiger charge is -2.16. The molecule has 1 atom stereocenters. The van der Waals surface area contributed by atoms with E-state index in [1.165, 1.54) is 18.2 Å². The monoisotopic (exact) mass is 327 g/mol. The predicted octanol–water partition coefficient (Wildman–Crippen LogP) is 1.53. The second kappa shape index (κ2) is 8.79. The van der Waals surface area contributed by atoms with Gasteiger partial charge in [0, 0.05) is 44.9 Å². The molecule has 0 bridgehead atoms. The van der Waals surface area contributed by atoms with Crippen LogP contribution in [0.5, 0.6) is 0 Å². The van der Waals surface area contributed by atoms with Crippen molar-refractivity contribution in [1.29, 1.82) is 0 Å². The lowest BCUT2D eigenvalue weighted by molar-refractivity contribution is 0.159. The molecule has 1 aliphatic heterocycles. The van der Waals surface area contributed by atoms with E-state index >= 15 is 0 Å². The number of nitrogens with one attached hydrogen (secondary N) is 2. The topological polar surface area (TPSA) is 53.6 Å². The highest BCUT2D eigenvalue weighted by Gasteiger charge is 2.23. The van der Waals surface area contributed by atoms with Crippen LogP contribution >= 0.6 is 0 Å². The number of halogens is 2. The molecule has 1 aromatic rings. The Bertz CT molecular complexity index is 508. The third kappa shape index (κ3) is 5.44. The Morgan fingerprint density at radius 1 is 1.39 bits per heavy atom. The summed E-state index contributed by atoms with van der Waals surface area (Å²) in [7, 11) is 1.66. The smallest absolute Gasteiger partial charge is 0.315 e. The fraction of sp³-hybridized carbons (Fsp3) is 0.562. The maximum atomic E-state index is 13.5. The number of likely N-dealkylation sites (tertiary alicyclic amines) is 1. The minimum Gasteiger partial charge on any atom is -0.383 e. The van der Waals surface area contributed by atoms with E-state index in [1.807, 2.05) is 0 Å². The molecule has 2 N–H and O–H groups in total. The van der Waals surface area contributed by atoms with Crippen LogP contribution < -0.4 is 10.6 Å². The zero-order valence-corrected chi connectivity index (χ0v) is 13.3. The van der Waals surface area contributed by atoms with Gasteiger partial charge in [0.05, 0.1) is 6.61 Å². The summed E-state index contributed by atoms with van der Waals surface area (Å²) < 4.78 is 32.0. The van der Waals surface area contributed by atoms with E-state index in [4.69, 9.17) is 4.74 Å². The number of hydrogen-bond acceptors (Lipinski definition) is 3. The Labute approximate surface area is 135 Å². The highest BCUT2D eigenvalue weighted by atomic mass is 19.1. The molecule has 1 aromatic carbocycles. The average Bonchev–Trinajstić information content (AvgIpc) is 2.95. The van der Waals surface area contributed by atoms with Crippen LogP contribution in [0.1, 0.15) is 12.0 Å². The minimum absolute atomic E-state index is 0.000549. The molecule has 1 fully saturated rings. The molecular weight excluding hydrogens is 304 g/mol. The lowest BCUT2D eigenvalue weighted by atomic mass is 10.1. The highest BCUT2D eigenvalue weighted by molar-refractivity contribution is 5.74. The number of methoxy groups -OCH3 is 1. The molecule has 0 aromatic heterocycles. The average molecular weight is 327 g/mol.